The van der Waals surface area contributed by atoms with Crippen LogP contribution >= 0.6 is 0 Å². The summed E-state index contributed by atoms with van der Waals surface area (Å²) in [5.74, 6) is 0. The van der Waals surface area contributed by atoms with Gasteiger partial charge in [0, 0.05) is 73.4 Å². The first-order valence-electron chi connectivity index (χ1n) is 22.5. The minimum atomic E-state index is 0.960. The molecule has 0 saturated carbocycles. The molecule has 0 atom stereocenters. The SMILES string of the molecule is c1ccc(-n2ccn(-c3ccccc3)c3cc4c(cc32)c2cccc(-n3c5ccccc5c5cc(-n6c7ccccc7c7ccccc76)ccc53)c2c2ccccc2c2cccnc24)cc1. The van der Waals surface area contributed by atoms with E-state index in [-0.39, 0.29) is 0 Å². The molecule has 0 radical (unpaired) electrons. The third kappa shape index (κ3) is 5.31. The van der Waals surface area contributed by atoms with E-state index >= 15 is 0 Å². The fourth-order valence-corrected chi connectivity index (χ4v) is 10.9. The highest BCUT2D eigenvalue weighted by Crippen LogP contribution is 2.43. The molecule has 0 saturated heterocycles. The van der Waals surface area contributed by atoms with E-state index in [1.165, 1.54) is 43.4 Å². The molecule has 14 rings (SSSR count). The van der Waals surface area contributed by atoms with Crippen molar-refractivity contribution in [3.63, 3.8) is 0 Å². The Bertz CT molecular complexity index is 4280. The van der Waals surface area contributed by atoms with Crippen LogP contribution in [0, 0.1) is 0 Å². The van der Waals surface area contributed by atoms with Gasteiger partial charge in [-0.1, -0.05) is 133 Å². The van der Waals surface area contributed by atoms with Gasteiger partial charge in [0.1, 0.15) is 0 Å². The molecule has 5 heteroatoms. The number of para-hydroxylation sites is 5. The topological polar surface area (TPSA) is 32.6 Å². The van der Waals surface area contributed by atoms with Gasteiger partial charge in [0.2, 0.25) is 0 Å². The molecule has 0 spiro atoms. The molecule has 0 bridgehead atoms. The fourth-order valence-electron chi connectivity index (χ4n) is 10.9. The Balaban J connectivity index is 1.14. The summed E-state index contributed by atoms with van der Waals surface area (Å²) in [4.78, 5) is 5.22. The zero-order chi connectivity index (χ0) is 43.3. The molecule has 14 aromatic rings. The van der Waals surface area contributed by atoms with Crippen molar-refractivity contribution in [1.29, 1.82) is 0 Å². The number of rotatable bonds is 4. The van der Waals surface area contributed by atoms with Gasteiger partial charge >= 0.3 is 0 Å². The highest BCUT2D eigenvalue weighted by atomic mass is 15.1. The lowest BCUT2D eigenvalue weighted by Gasteiger charge is -2.19. The molecular weight excluding hydrogens is 803 g/mol. The monoisotopic (exact) mass is 841 g/mol. The zero-order valence-electron chi connectivity index (χ0n) is 35.8. The van der Waals surface area contributed by atoms with E-state index in [1.807, 2.05) is 6.20 Å². The van der Waals surface area contributed by atoms with E-state index in [0.717, 1.165) is 77.3 Å². The van der Waals surface area contributed by atoms with Crippen LogP contribution < -0.4 is 0 Å². The van der Waals surface area contributed by atoms with Crippen LogP contribution in [-0.4, -0.2) is 23.3 Å². The molecule has 0 N–H and O–H groups in total. The van der Waals surface area contributed by atoms with Gasteiger partial charge in [0.25, 0.3) is 0 Å². The van der Waals surface area contributed by atoms with Gasteiger partial charge in [-0.15, -0.1) is 0 Å². The molecule has 0 aliphatic heterocycles. The molecule has 0 fully saturated rings. The smallest absolute Gasteiger partial charge is 0.0787 e. The minimum absolute atomic E-state index is 0.960. The standard InChI is InChI=1S/C61H39N5/c1-3-17-40(18-4-1)63-35-36-64(41-19-5-2-6-20-41)59-39-52-50(38-58(59)63)48-26-15-31-57(60(48)47-25-8-7-21-43(47)49-27-16-34-62-61(49)52)66-55-30-14-11-24-46(55)51-37-42(32-33-56(51)66)65-53-28-12-9-22-44(53)45-23-10-13-29-54(45)65/h1-39H. The quantitative estimate of drug-likeness (QED) is 0.174. The van der Waals surface area contributed by atoms with Crippen molar-refractivity contribution in [3.05, 3.63) is 237 Å². The summed E-state index contributed by atoms with van der Waals surface area (Å²) < 4.78 is 9.52. The normalized spacial score (nSPS) is 11.9. The molecule has 0 unspecified atom stereocenters. The van der Waals surface area contributed by atoms with Gasteiger partial charge in [0.05, 0.1) is 44.3 Å². The second-order valence-corrected chi connectivity index (χ2v) is 17.2. The van der Waals surface area contributed by atoms with E-state index in [9.17, 15) is 0 Å². The second-order valence-electron chi connectivity index (χ2n) is 17.2. The van der Waals surface area contributed by atoms with Crippen LogP contribution in [-0.2, 0) is 0 Å². The molecule has 5 nitrogen and oxygen atoms in total. The van der Waals surface area contributed by atoms with Crippen molar-refractivity contribution in [2.45, 2.75) is 0 Å². The Labute approximate surface area is 379 Å². The predicted octanol–water partition coefficient (Wildman–Crippen LogP) is 15.7. The zero-order valence-corrected chi connectivity index (χ0v) is 35.8. The van der Waals surface area contributed by atoms with Crippen LogP contribution in [0.1, 0.15) is 0 Å². The molecule has 10 aromatic carbocycles. The molecule has 4 aromatic heterocycles. The Morgan fingerprint density at radius 3 is 1.41 bits per heavy atom. The second kappa shape index (κ2) is 14.3. The summed E-state index contributed by atoms with van der Waals surface area (Å²) in [5.41, 5.74) is 12.3. The van der Waals surface area contributed by atoms with Gasteiger partial charge in [-0.3, -0.25) is 4.98 Å². The van der Waals surface area contributed by atoms with Gasteiger partial charge in [-0.2, -0.15) is 0 Å². The Kier molecular flexibility index (Phi) is 7.91. The number of hydrogen-bond donors (Lipinski definition) is 0. The Morgan fingerprint density at radius 2 is 0.758 bits per heavy atom. The molecule has 0 aliphatic rings. The van der Waals surface area contributed by atoms with Crippen molar-refractivity contribution < 1.29 is 0 Å². The van der Waals surface area contributed by atoms with Crippen molar-refractivity contribution >= 4 is 97.9 Å². The van der Waals surface area contributed by atoms with Crippen molar-refractivity contribution in [3.8, 4) is 22.7 Å². The van der Waals surface area contributed by atoms with Crippen LogP contribution in [0.4, 0.5) is 0 Å². The number of aromatic nitrogens is 5. The van der Waals surface area contributed by atoms with E-state index in [1.54, 1.807) is 0 Å². The Morgan fingerprint density at radius 1 is 0.273 bits per heavy atom. The fraction of sp³-hybridized carbons (Fsp3) is 0. The van der Waals surface area contributed by atoms with Crippen molar-refractivity contribution in [2.75, 3.05) is 0 Å². The number of benzene rings is 9. The highest BCUT2D eigenvalue weighted by Gasteiger charge is 2.20. The number of fused-ring (bicyclic) bond motifs is 15. The average Bonchev–Trinajstić information content (AvgIpc) is 3.90. The number of pyridine rings is 1. The molecule has 4 heterocycles. The maximum absolute atomic E-state index is 5.22. The lowest BCUT2D eigenvalue weighted by molar-refractivity contribution is 1.01. The first-order chi connectivity index (χ1) is 32.8. The molecule has 308 valence electrons. The van der Waals surface area contributed by atoms with E-state index in [0.29, 0.717) is 0 Å². The van der Waals surface area contributed by atoms with Gasteiger partial charge < -0.3 is 18.3 Å². The number of hydrogen-bond acceptors (Lipinski definition) is 1. The summed E-state index contributed by atoms with van der Waals surface area (Å²) in [5, 5.41) is 12.9. The molecule has 0 aliphatic carbocycles. The third-order valence-electron chi connectivity index (χ3n) is 13.7. The average molecular weight is 842 g/mol. The minimum Gasteiger partial charge on any atom is -0.314 e. The van der Waals surface area contributed by atoms with Crippen LogP contribution in [0.5, 0.6) is 0 Å². The van der Waals surface area contributed by atoms with Gasteiger partial charge in [0.15, 0.2) is 0 Å². The summed E-state index contributed by atoms with van der Waals surface area (Å²) in [6.07, 6.45) is 6.29. The van der Waals surface area contributed by atoms with E-state index < -0.39 is 0 Å². The van der Waals surface area contributed by atoms with Crippen LogP contribution in [0.2, 0.25) is 0 Å². The maximum atomic E-state index is 5.22. The largest absolute Gasteiger partial charge is 0.314 e. The van der Waals surface area contributed by atoms with Crippen LogP contribution in [0.15, 0.2) is 237 Å². The predicted molar refractivity (Wildman–Crippen MR) is 277 cm³/mol. The van der Waals surface area contributed by atoms with Gasteiger partial charge in [-0.25, -0.2) is 0 Å². The van der Waals surface area contributed by atoms with E-state index in [4.69, 9.17) is 4.98 Å². The summed E-state index contributed by atoms with van der Waals surface area (Å²) in [6.45, 7) is 0. The first-order valence-corrected chi connectivity index (χ1v) is 22.5. The molecule has 0 amide bonds. The van der Waals surface area contributed by atoms with Gasteiger partial charge in [-0.05, 0) is 106 Å². The van der Waals surface area contributed by atoms with E-state index in [2.05, 4.69) is 249 Å². The van der Waals surface area contributed by atoms with Crippen molar-refractivity contribution in [2.24, 2.45) is 0 Å². The number of nitrogens with zero attached hydrogens (tertiary/aromatic N) is 5. The summed E-state index contributed by atoms with van der Waals surface area (Å²) in [7, 11) is 0. The molecular formula is C61H39N5. The van der Waals surface area contributed by atoms with Crippen molar-refractivity contribution in [1.82, 2.24) is 23.3 Å². The third-order valence-corrected chi connectivity index (χ3v) is 13.7. The first kappa shape index (κ1) is 36.5. The van der Waals surface area contributed by atoms with Crippen LogP contribution in [0.3, 0.4) is 0 Å². The Hall–Kier alpha value is -8.93. The summed E-state index contributed by atoms with van der Waals surface area (Å²) >= 11 is 0. The highest BCUT2D eigenvalue weighted by molar-refractivity contribution is 6.28. The lowest BCUT2D eigenvalue weighted by atomic mass is 9.94. The maximum Gasteiger partial charge on any atom is 0.0787 e. The lowest BCUT2D eigenvalue weighted by Crippen LogP contribution is -2.05. The van der Waals surface area contributed by atoms with Crippen LogP contribution in [0.25, 0.3) is 121 Å². The summed E-state index contributed by atoms with van der Waals surface area (Å²) in [6, 6.07) is 79.5. The molecule has 66 heavy (non-hydrogen) atoms.